The summed E-state index contributed by atoms with van der Waals surface area (Å²) in [5, 5.41) is 10.6. The van der Waals surface area contributed by atoms with E-state index in [4.69, 9.17) is 14.6 Å². The highest BCUT2D eigenvalue weighted by atomic mass is 19.4. The molecule has 2 aromatic carbocycles. The normalized spacial score (nSPS) is 22.1. The molecule has 3 aliphatic rings. The van der Waals surface area contributed by atoms with Gasteiger partial charge < -0.3 is 19.7 Å². The highest BCUT2D eigenvalue weighted by Gasteiger charge is 2.35. The number of hydrogen-bond donors (Lipinski definition) is 2. The largest absolute Gasteiger partial charge is 0.494 e. The maximum atomic E-state index is 13.3. The molecule has 1 unspecified atom stereocenters. The maximum Gasteiger partial charge on any atom is 0.433 e. The second-order valence-electron chi connectivity index (χ2n) is 16.9. The Morgan fingerprint density at radius 1 is 1.02 bits per heavy atom. The molecule has 3 amide bonds. The molecule has 2 aliphatic carbocycles. The minimum Gasteiger partial charge on any atom is -0.494 e. The number of hydrogen-bond acceptors (Lipinski definition) is 9. The number of nitrogens with zero attached hydrogens (tertiary/aromatic N) is 6. The number of piperidine rings is 1. The van der Waals surface area contributed by atoms with Gasteiger partial charge in [0.05, 0.1) is 41.5 Å². The van der Waals surface area contributed by atoms with Crippen LogP contribution in [-0.4, -0.2) is 86.5 Å². The van der Waals surface area contributed by atoms with Crippen molar-refractivity contribution < 1.29 is 37.0 Å². The molecule has 3 aromatic heterocycles. The highest BCUT2D eigenvalue weighted by molar-refractivity contribution is 6.05. The summed E-state index contributed by atoms with van der Waals surface area (Å²) in [5.41, 5.74) is 1.91. The average Bonchev–Trinajstić information content (AvgIpc) is 3.75. The summed E-state index contributed by atoms with van der Waals surface area (Å²) >= 11 is 0. The number of para-hydroxylation sites is 1. The SMILES string of the molecule is COc1cc2nn(C3CCC(CN(C)CCCOC4CC(Cc5cccc6c5n(C)c(=O)n6C5CCC(=O)NC5=O)C4)CC3)cc2cc1NC(=O)c1cccc(C(F)(F)F)n1. The minimum absolute atomic E-state index is 0.209. The third-order valence-corrected chi connectivity index (χ3v) is 12.6. The fraction of sp³-hybridized carbons (Fsp3) is 0.500. The second kappa shape index (κ2) is 17.4. The van der Waals surface area contributed by atoms with Crippen molar-refractivity contribution in [1.29, 1.82) is 0 Å². The van der Waals surface area contributed by atoms with Crippen LogP contribution in [0.15, 0.2) is 59.5 Å². The number of carbonyl (C=O) groups is 3. The third-order valence-electron chi connectivity index (χ3n) is 12.6. The van der Waals surface area contributed by atoms with E-state index in [1.54, 1.807) is 23.7 Å². The lowest BCUT2D eigenvalue weighted by Crippen LogP contribution is -2.44. The Balaban J connectivity index is 0.761. The summed E-state index contributed by atoms with van der Waals surface area (Å²) in [6.45, 7) is 2.67. The number of rotatable bonds is 14. The number of methoxy groups -OCH3 is 1. The summed E-state index contributed by atoms with van der Waals surface area (Å²) in [6, 6.07) is 12.0. The first-order valence-corrected chi connectivity index (χ1v) is 21.0. The Labute approximate surface area is 350 Å². The van der Waals surface area contributed by atoms with Gasteiger partial charge in [-0.05, 0) is 106 Å². The van der Waals surface area contributed by atoms with Gasteiger partial charge in [0.15, 0.2) is 0 Å². The number of fused-ring (bicyclic) bond motifs is 2. The fourth-order valence-electron chi connectivity index (χ4n) is 9.34. The number of nitrogens with one attached hydrogen (secondary N) is 2. The molecule has 5 aromatic rings. The van der Waals surface area contributed by atoms with Crippen LogP contribution >= 0.6 is 0 Å². The Hall–Kier alpha value is -5.55. The Bertz CT molecular complexity index is 2500. The zero-order valence-electron chi connectivity index (χ0n) is 34.5. The van der Waals surface area contributed by atoms with Crippen molar-refractivity contribution in [2.75, 3.05) is 39.2 Å². The molecule has 324 valence electrons. The van der Waals surface area contributed by atoms with Gasteiger partial charge in [-0.2, -0.15) is 18.3 Å². The molecule has 1 atom stereocenters. The molecule has 0 bridgehead atoms. The van der Waals surface area contributed by atoms with E-state index in [0.29, 0.717) is 41.8 Å². The number of imidazole rings is 1. The number of carbonyl (C=O) groups excluding carboxylic acids is 3. The smallest absolute Gasteiger partial charge is 0.433 e. The molecular formula is C44H51F3N8O6. The molecule has 0 radical (unpaired) electrons. The first kappa shape index (κ1) is 42.2. The van der Waals surface area contributed by atoms with E-state index in [1.165, 1.54) is 17.7 Å². The number of ether oxygens (including phenoxy) is 2. The lowest BCUT2D eigenvalue weighted by atomic mass is 9.78. The predicted molar refractivity (Wildman–Crippen MR) is 221 cm³/mol. The minimum atomic E-state index is -4.67. The number of alkyl halides is 3. The molecule has 1 saturated heterocycles. The number of imide groups is 1. The number of benzene rings is 2. The molecule has 2 saturated carbocycles. The van der Waals surface area contributed by atoms with Gasteiger partial charge in [-0.3, -0.25) is 33.5 Å². The number of aromatic nitrogens is 5. The quantitative estimate of drug-likeness (QED) is 0.0951. The summed E-state index contributed by atoms with van der Waals surface area (Å²) in [7, 11) is 5.37. The zero-order valence-corrected chi connectivity index (χ0v) is 34.5. The zero-order chi connectivity index (χ0) is 43.0. The van der Waals surface area contributed by atoms with Gasteiger partial charge >= 0.3 is 11.9 Å². The van der Waals surface area contributed by atoms with E-state index >= 15 is 0 Å². The van der Waals surface area contributed by atoms with Gasteiger partial charge in [-0.25, -0.2) is 9.78 Å². The van der Waals surface area contributed by atoms with Crippen molar-refractivity contribution in [2.24, 2.45) is 18.9 Å². The Morgan fingerprint density at radius 2 is 1.79 bits per heavy atom. The van der Waals surface area contributed by atoms with Crippen molar-refractivity contribution in [2.45, 2.75) is 88.6 Å². The van der Waals surface area contributed by atoms with Crippen molar-refractivity contribution in [3.05, 3.63) is 82.2 Å². The summed E-state index contributed by atoms with van der Waals surface area (Å²) in [4.78, 5) is 56.4. The van der Waals surface area contributed by atoms with Gasteiger partial charge in [-0.15, -0.1) is 0 Å². The first-order valence-electron chi connectivity index (χ1n) is 21.0. The number of anilines is 1. The van der Waals surface area contributed by atoms with Crippen molar-refractivity contribution in [3.8, 4) is 5.75 Å². The molecule has 17 heteroatoms. The van der Waals surface area contributed by atoms with Crippen molar-refractivity contribution in [1.82, 2.24) is 34.1 Å². The van der Waals surface area contributed by atoms with Crippen LogP contribution in [0.3, 0.4) is 0 Å². The summed E-state index contributed by atoms with van der Waals surface area (Å²) in [5.74, 6) is -0.141. The van der Waals surface area contributed by atoms with Gasteiger partial charge in [0, 0.05) is 50.8 Å². The van der Waals surface area contributed by atoms with Crippen LogP contribution in [0.5, 0.6) is 5.75 Å². The van der Waals surface area contributed by atoms with E-state index in [-0.39, 0.29) is 35.9 Å². The van der Waals surface area contributed by atoms with Crippen LogP contribution in [-0.2, 0) is 34.0 Å². The lowest BCUT2D eigenvalue weighted by molar-refractivity contribution is -0.141. The fourth-order valence-corrected chi connectivity index (χ4v) is 9.34. The van der Waals surface area contributed by atoms with Crippen molar-refractivity contribution >= 4 is 45.3 Å². The summed E-state index contributed by atoms with van der Waals surface area (Å²) in [6.07, 6.45) is 5.85. The van der Waals surface area contributed by atoms with E-state index in [2.05, 4.69) is 33.6 Å². The van der Waals surface area contributed by atoms with Gasteiger partial charge in [-0.1, -0.05) is 18.2 Å². The summed E-state index contributed by atoms with van der Waals surface area (Å²) < 4.78 is 56.4. The number of pyridine rings is 1. The van der Waals surface area contributed by atoms with Crippen LogP contribution < -0.4 is 21.1 Å². The van der Waals surface area contributed by atoms with Gasteiger partial charge in [0.25, 0.3) is 5.91 Å². The van der Waals surface area contributed by atoms with Gasteiger partial charge in [0.1, 0.15) is 23.2 Å². The number of aryl methyl sites for hydroxylation is 1. The molecule has 1 aliphatic heterocycles. The number of halogens is 3. The lowest BCUT2D eigenvalue weighted by Gasteiger charge is -2.35. The molecule has 4 heterocycles. The molecule has 14 nitrogen and oxygen atoms in total. The van der Waals surface area contributed by atoms with Crippen LogP contribution in [0.25, 0.3) is 21.9 Å². The molecule has 61 heavy (non-hydrogen) atoms. The predicted octanol–water partition coefficient (Wildman–Crippen LogP) is 6.43. The monoisotopic (exact) mass is 844 g/mol. The third kappa shape index (κ3) is 9.08. The van der Waals surface area contributed by atoms with Crippen LogP contribution in [0, 0.1) is 11.8 Å². The van der Waals surface area contributed by atoms with E-state index in [1.807, 2.05) is 23.0 Å². The van der Waals surface area contributed by atoms with Crippen LogP contribution in [0.2, 0.25) is 0 Å². The molecule has 0 spiro atoms. The number of amides is 3. The van der Waals surface area contributed by atoms with E-state index in [0.717, 1.165) is 98.6 Å². The molecule has 8 rings (SSSR count). The van der Waals surface area contributed by atoms with Crippen LogP contribution in [0.4, 0.5) is 18.9 Å². The Morgan fingerprint density at radius 3 is 2.52 bits per heavy atom. The topological polar surface area (TPSA) is 155 Å². The van der Waals surface area contributed by atoms with Gasteiger partial charge in [0.2, 0.25) is 11.8 Å². The standard InChI is InChI=1S/C44H51F3N8O6/c1-52(17-6-18-61-31-20-27(21-31)19-28-7-4-9-35-40(28)53(2)43(59)55(35)36-15-16-39(56)50-42(36)58)24-26-11-13-30(14-12-26)54-25-29-22-34(37(60-3)23-33(29)51-54)49-41(57)32-8-5-10-38(48-32)44(45,46)47/h4-5,7-10,22-23,25-27,30-31,36H,6,11-21,24H2,1-3H3,(H,49,57)(H,50,56,58). The highest BCUT2D eigenvalue weighted by Crippen LogP contribution is 2.37. The second-order valence-corrected chi connectivity index (χ2v) is 16.9. The molecule has 3 fully saturated rings. The average molecular weight is 845 g/mol. The Kier molecular flexibility index (Phi) is 12.1. The maximum absolute atomic E-state index is 13.3. The first-order chi connectivity index (χ1) is 29.2. The molecule has 2 N–H and O–H groups in total. The molecular weight excluding hydrogens is 794 g/mol. The van der Waals surface area contributed by atoms with E-state index in [9.17, 15) is 32.3 Å². The van der Waals surface area contributed by atoms with E-state index < -0.39 is 29.7 Å². The van der Waals surface area contributed by atoms with Crippen LogP contribution in [0.1, 0.15) is 91.6 Å². The van der Waals surface area contributed by atoms with Crippen molar-refractivity contribution in [3.63, 3.8) is 0 Å².